The van der Waals surface area contributed by atoms with Crippen molar-refractivity contribution in [3.63, 3.8) is 0 Å². The Kier molecular flexibility index (Phi) is 4.51. The van der Waals surface area contributed by atoms with E-state index in [2.05, 4.69) is 0 Å². The molecule has 0 spiro atoms. The van der Waals surface area contributed by atoms with Gasteiger partial charge in [-0.15, -0.1) is 0 Å². The summed E-state index contributed by atoms with van der Waals surface area (Å²) in [6.07, 6.45) is -4.15. The van der Waals surface area contributed by atoms with Crippen LogP contribution in [0.1, 0.15) is 37.8 Å². The van der Waals surface area contributed by atoms with E-state index in [1.54, 1.807) is 13.8 Å². The fraction of sp³-hybridized carbons (Fsp3) is 0.529. The van der Waals surface area contributed by atoms with Crippen LogP contribution in [0.25, 0.3) is 0 Å². The number of carbonyl (C=O) groups excluding carboxylic acids is 1. The molecule has 3 rings (SSSR count). The first kappa shape index (κ1) is 18.7. The van der Waals surface area contributed by atoms with Gasteiger partial charge in [0.05, 0.1) is 22.4 Å². The van der Waals surface area contributed by atoms with Gasteiger partial charge >= 0.3 is 6.18 Å². The summed E-state index contributed by atoms with van der Waals surface area (Å²) in [7, 11) is -1.43. The Balaban J connectivity index is 1.87. The highest BCUT2D eigenvalue weighted by Crippen LogP contribution is 2.40. The number of rotatable bonds is 4. The third kappa shape index (κ3) is 3.43. The molecule has 1 aromatic carbocycles. The smallest absolute Gasteiger partial charge is 0.417 e. The predicted molar refractivity (Wildman–Crippen MR) is 87.2 cm³/mol. The summed E-state index contributed by atoms with van der Waals surface area (Å²) in [4.78, 5) is 12.6. The van der Waals surface area contributed by atoms with E-state index in [0.29, 0.717) is 0 Å². The summed E-state index contributed by atoms with van der Waals surface area (Å²) in [5, 5.41) is 8.82. The molecule has 9 heteroatoms. The number of halogens is 3. The molecule has 1 saturated heterocycles. The number of carbonyl (C=O) groups is 1. The molecule has 1 aliphatic heterocycles. The second kappa shape index (κ2) is 6.27. The fourth-order valence-electron chi connectivity index (χ4n) is 2.87. The molecule has 2 atom stereocenters. The van der Waals surface area contributed by atoms with Gasteiger partial charge in [-0.2, -0.15) is 18.4 Å². The van der Waals surface area contributed by atoms with Crippen LogP contribution in [0.4, 0.5) is 13.2 Å². The summed E-state index contributed by atoms with van der Waals surface area (Å²) in [5.74, 6) is -0.639. The van der Waals surface area contributed by atoms with Crippen LogP contribution < -0.4 is 4.74 Å². The molecule has 2 aliphatic rings. The number of ether oxygens (including phenoxy) is 1. The molecule has 2 fully saturated rings. The van der Waals surface area contributed by atoms with E-state index >= 15 is 0 Å². The molecule has 0 bridgehead atoms. The lowest BCUT2D eigenvalue weighted by Crippen LogP contribution is -2.37. The number of benzene rings is 1. The second-order valence-corrected chi connectivity index (χ2v) is 8.81. The molecule has 1 heterocycles. The highest BCUT2D eigenvalue weighted by Gasteiger charge is 2.52. The lowest BCUT2D eigenvalue weighted by Gasteiger charge is -2.24. The molecule has 140 valence electrons. The maximum atomic E-state index is 13.1. The highest BCUT2D eigenvalue weighted by molar-refractivity contribution is 7.84. The maximum absolute atomic E-state index is 13.1. The second-order valence-electron chi connectivity index (χ2n) is 7.15. The standard InChI is InChI=1S/C17H17F3N2O3S/c1-16(2)9-22(26(24)12-5-6-12)15(23)14(16)25-11-4-3-10(8-21)13(7-11)17(18,19)20/h3-4,7,12,14H,5-6,9H2,1-2H3. The zero-order valence-electron chi connectivity index (χ0n) is 14.2. The number of nitrogens with zero attached hydrogens (tertiary/aromatic N) is 2. The molecule has 5 nitrogen and oxygen atoms in total. The summed E-state index contributed by atoms with van der Waals surface area (Å²) in [6.45, 7) is 3.70. The number of amides is 1. The van der Waals surface area contributed by atoms with Gasteiger partial charge < -0.3 is 4.74 Å². The van der Waals surface area contributed by atoms with Gasteiger partial charge in [-0.1, -0.05) is 13.8 Å². The Morgan fingerprint density at radius 2 is 2.00 bits per heavy atom. The van der Waals surface area contributed by atoms with E-state index in [-0.39, 0.29) is 17.5 Å². The molecule has 1 aliphatic carbocycles. The zero-order valence-corrected chi connectivity index (χ0v) is 15.0. The van der Waals surface area contributed by atoms with Crippen molar-refractivity contribution in [2.24, 2.45) is 5.41 Å². The average Bonchev–Trinajstić information content (AvgIpc) is 3.37. The fourth-order valence-corrected chi connectivity index (χ4v) is 4.50. The average molecular weight is 386 g/mol. The molecule has 0 N–H and O–H groups in total. The number of hydrogen-bond acceptors (Lipinski definition) is 4. The van der Waals surface area contributed by atoms with E-state index < -0.39 is 45.7 Å². The van der Waals surface area contributed by atoms with Crippen molar-refractivity contribution in [3.05, 3.63) is 29.3 Å². The number of nitriles is 1. The molecule has 1 saturated carbocycles. The Hall–Kier alpha value is -2.08. The van der Waals surface area contributed by atoms with E-state index in [1.165, 1.54) is 16.4 Å². The first-order valence-corrected chi connectivity index (χ1v) is 9.21. The van der Waals surface area contributed by atoms with Crippen molar-refractivity contribution in [3.8, 4) is 11.8 Å². The van der Waals surface area contributed by atoms with Gasteiger partial charge in [-0.05, 0) is 31.0 Å². The van der Waals surface area contributed by atoms with Crippen LogP contribution in [-0.2, 0) is 22.0 Å². The topological polar surface area (TPSA) is 70.4 Å². The molecule has 1 amide bonds. The van der Waals surface area contributed by atoms with E-state index in [4.69, 9.17) is 10.00 Å². The SMILES string of the molecule is CC1(C)CN(S(=O)C2CC2)C(=O)C1Oc1ccc(C#N)c(C(F)(F)F)c1. The Labute approximate surface area is 151 Å². The van der Waals surface area contributed by atoms with Gasteiger partial charge in [-0.25, -0.2) is 4.21 Å². The summed E-state index contributed by atoms with van der Waals surface area (Å²) < 4.78 is 58.5. The first-order chi connectivity index (χ1) is 12.0. The molecule has 0 aromatic heterocycles. The van der Waals surface area contributed by atoms with Crippen LogP contribution in [0.3, 0.4) is 0 Å². The summed E-state index contributed by atoms with van der Waals surface area (Å²) >= 11 is 0. The largest absolute Gasteiger partial charge is 0.480 e. The Bertz CT molecular complexity index is 812. The first-order valence-electron chi connectivity index (χ1n) is 8.04. The minimum Gasteiger partial charge on any atom is -0.480 e. The summed E-state index contributed by atoms with van der Waals surface area (Å²) in [5.41, 5.74) is -2.34. The molecular weight excluding hydrogens is 369 g/mol. The normalized spacial score (nSPS) is 23.6. The van der Waals surface area contributed by atoms with Gasteiger partial charge in [0.1, 0.15) is 16.7 Å². The van der Waals surface area contributed by atoms with Crippen molar-refractivity contribution < 1.29 is 26.9 Å². The monoisotopic (exact) mass is 386 g/mol. The molecular formula is C17H17F3N2O3S. The van der Waals surface area contributed by atoms with Gasteiger partial charge in [0.2, 0.25) is 0 Å². The lowest BCUT2D eigenvalue weighted by atomic mass is 9.89. The van der Waals surface area contributed by atoms with Gasteiger partial charge in [0, 0.05) is 12.0 Å². The lowest BCUT2D eigenvalue weighted by molar-refractivity contribution is -0.137. The van der Waals surface area contributed by atoms with Crippen molar-refractivity contribution in [2.75, 3.05) is 6.54 Å². The molecule has 1 aromatic rings. The molecule has 2 unspecified atom stereocenters. The number of hydrogen-bond donors (Lipinski definition) is 0. The third-order valence-electron chi connectivity index (χ3n) is 4.43. The van der Waals surface area contributed by atoms with E-state index in [1.807, 2.05) is 0 Å². The summed E-state index contributed by atoms with van der Waals surface area (Å²) in [6, 6.07) is 4.48. The van der Waals surface area contributed by atoms with Crippen molar-refractivity contribution in [1.82, 2.24) is 4.31 Å². The minimum absolute atomic E-state index is 0.0276. The maximum Gasteiger partial charge on any atom is 0.417 e. The number of alkyl halides is 3. The van der Waals surface area contributed by atoms with Gasteiger partial charge in [-0.3, -0.25) is 9.10 Å². The van der Waals surface area contributed by atoms with Crippen LogP contribution in [0.2, 0.25) is 0 Å². The van der Waals surface area contributed by atoms with Crippen molar-refractivity contribution >= 4 is 16.9 Å². The van der Waals surface area contributed by atoms with Crippen LogP contribution >= 0.6 is 0 Å². The van der Waals surface area contributed by atoms with Gasteiger partial charge in [0.15, 0.2) is 6.10 Å². The van der Waals surface area contributed by atoms with E-state index in [0.717, 1.165) is 25.0 Å². The molecule has 0 radical (unpaired) electrons. The van der Waals surface area contributed by atoms with Crippen LogP contribution in [-0.4, -0.2) is 32.3 Å². The Morgan fingerprint density at radius 3 is 2.54 bits per heavy atom. The van der Waals surface area contributed by atoms with Crippen molar-refractivity contribution in [2.45, 2.75) is 44.2 Å². The van der Waals surface area contributed by atoms with Crippen LogP contribution in [0, 0.1) is 16.7 Å². The quantitative estimate of drug-likeness (QED) is 0.798. The van der Waals surface area contributed by atoms with Crippen LogP contribution in [0.5, 0.6) is 5.75 Å². The highest BCUT2D eigenvalue weighted by atomic mass is 32.2. The Morgan fingerprint density at radius 1 is 1.35 bits per heavy atom. The molecule has 26 heavy (non-hydrogen) atoms. The predicted octanol–water partition coefficient (Wildman–Crippen LogP) is 3.02. The zero-order chi connectivity index (χ0) is 19.3. The minimum atomic E-state index is -4.71. The third-order valence-corrected chi connectivity index (χ3v) is 6.21. The van der Waals surface area contributed by atoms with Crippen molar-refractivity contribution in [1.29, 1.82) is 5.26 Å². The van der Waals surface area contributed by atoms with Gasteiger partial charge in [0.25, 0.3) is 5.91 Å². The van der Waals surface area contributed by atoms with E-state index in [9.17, 15) is 22.2 Å². The van der Waals surface area contributed by atoms with Crippen LogP contribution in [0.15, 0.2) is 18.2 Å².